The van der Waals surface area contributed by atoms with Gasteiger partial charge >= 0.3 is 0 Å². The predicted molar refractivity (Wildman–Crippen MR) is 58.0 cm³/mol. The van der Waals surface area contributed by atoms with Gasteiger partial charge in [-0.1, -0.05) is 23.4 Å². The molecule has 0 radical (unpaired) electrons. The van der Waals surface area contributed by atoms with Crippen LogP contribution in [0.1, 0.15) is 18.4 Å². The van der Waals surface area contributed by atoms with Crippen LogP contribution in [0.15, 0.2) is 12.1 Å². The van der Waals surface area contributed by atoms with Gasteiger partial charge in [0.05, 0.1) is 10.6 Å². The fraction of sp³-hybridized carbons (Fsp3) is 0.273. The van der Waals surface area contributed by atoms with Gasteiger partial charge < -0.3 is 15.3 Å². The van der Waals surface area contributed by atoms with Gasteiger partial charge in [-0.15, -0.1) is 0 Å². The van der Waals surface area contributed by atoms with Crippen LogP contribution in [-0.2, 0) is 0 Å². The number of aromatic hydroxyl groups is 2. The fourth-order valence-electron chi connectivity index (χ4n) is 1.01. The van der Waals surface area contributed by atoms with Gasteiger partial charge in [-0.2, -0.15) is 0 Å². The van der Waals surface area contributed by atoms with E-state index in [4.69, 9.17) is 16.7 Å². The SMILES string of the molecule is OCCCC#Cc1cc(O)cc(Cl)c1O. The lowest BCUT2D eigenvalue weighted by Crippen LogP contribution is -1.81. The Morgan fingerprint density at radius 3 is 2.67 bits per heavy atom. The average molecular weight is 227 g/mol. The molecule has 0 amide bonds. The number of aliphatic hydroxyl groups is 1. The van der Waals surface area contributed by atoms with Crippen LogP contribution in [0.3, 0.4) is 0 Å². The van der Waals surface area contributed by atoms with E-state index in [0.29, 0.717) is 12.8 Å². The van der Waals surface area contributed by atoms with Crippen molar-refractivity contribution < 1.29 is 15.3 Å². The van der Waals surface area contributed by atoms with E-state index in [0.717, 1.165) is 0 Å². The molecular weight excluding hydrogens is 216 g/mol. The highest BCUT2D eigenvalue weighted by molar-refractivity contribution is 6.32. The molecule has 0 atom stereocenters. The molecule has 3 nitrogen and oxygen atoms in total. The number of hydrogen-bond acceptors (Lipinski definition) is 3. The third-order valence-electron chi connectivity index (χ3n) is 1.73. The monoisotopic (exact) mass is 226 g/mol. The van der Waals surface area contributed by atoms with Crippen LogP contribution < -0.4 is 0 Å². The fourth-order valence-corrected chi connectivity index (χ4v) is 1.22. The summed E-state index contributed by atoms with van der Waals surface area (Å²) in [5, 5.41) is 27.3. The Labute approximate surface area is 92.9 Å². The third-order valence-corrected chi connectivity index (χ3v) is 2.02. The molecule has 4 heteroatoms. The maximum absolute atomic E-state index is 9.48. The lowest BCUT2D eigenvalue weighted by atomic mass is 10.2. The Balaban J connectivity index is 2.88. The van der Waals surface area contributed by atoms with Crippen molar-refractivity contribution >= 4 is 11.6 Å². The first-order chi connectivity index (χ1) is 7.15. The minimum Gasteiger partial charge on any atom is -0.508 e. The van der Waals surface area contributed by atoms with Crippen LogP contribution in [0.25, 0.3) is 0 Å². The van der Waals surface area contributed by atoms with Crippen molar-refractivity contribution in [3.05, 3.63) is 22.7 Å². The smallest absolute Gasteiger partial charge is 0.150 e. The number of hydrogen-bond donors (Lipinski definition) is 3. The van der Waals surface area contributed by atoms with E-state index in [2.05, 4.69) is 11.8 Å². The second kappa shape index (κ2) is 5.50. The molecule has 0 aliphatic rings. The standard InChI is InChI=1S/C11H11ClO3/c12-10-7-9(14)6-8(11(10)15)4-2-1-3-5-13/h6-7,13-15H,1,3,5H2. The molecule has 0 unspecified atom stereocenters. The molecule has 80 valence electrons. The van der Waals surface area contributed by atoms with Gasteiger partial charge in [-0.05, 0) is 12.5 Å². The summed E-state index contributed by atoms with van der Waals surface area (Å²) < 4.78 is 0. The number of benzene rings is 1. The second-order valence-electron chi connectivity index (χ2n) is 2.95. The summed E-state index contributed by atoms with van der Waals surface area (Å²) in [5.41, 5.74) is 0.290. The molecule has 0 fully saturated rings. The Morgan fingerprint density at radius 1 is 1.27 bits per heavy atom. The highest BCUT2D eigenvalue weighted by atomic mass is 35.5. The summed E-state index contributed by atoms with van der Waals surface area (Å²) >= 11 is 5.64. The summed E-state index contributed by atoms with van der Waals surface area (Å²) in [4.78, 5) is 0. The largest absolute Gasteiger partial charge is 0.508 e. The summed E-state index contributed by atoms with van der Waals surface area (Å²) in [7, 11) is 0. The molecule has 0 heterocycles. The minimum atomic E-state index is -0.133. The quantitative estimate of drug-likeness (QED) is 0.410. The molecular formula is C11H11ClO3. The van der Waals surface area contributed by atoms with E-state index < -0.39 is 0 Å². The van der Waals surface area contributed by atoms with Gasteiger partial charge in [0, 0.05) is 19.1 Å². The van der Waals surface area contributed by atoms with Crippen molar-refractivity contribution in [2.75, 3.05) is 6.61 Å². The van der Waals surface area contributed by atoms with Crippen molar-refractivity contribution in [2.45, 2.75) is 12.8 Å². The molecule has 0 saturated carbocycles. The van der Waals surface area contributed by atoms with Gasteiger partial charge in [0.2, 0.25) is 0 Å². The zero-order chi connectivity index (χ0) is 11.3. The summed E-state index contributed by atoms with van der Waals surface area (Å²) in [5.74, 6) is 5.26. The molecule has 1 rings (SSSR count). The predicted octanol–water partition coefficient (Wildman–Crippen LogP) is 1.88. The molecule has 0 aliphatic heterocycles. The molecule has 0 bridgehead atoms. The first-order valence-electron chi connectivity index (χ1n) is 4.46. The third kappa shape index (κ3) is 3.35. The van der Waals surface area contributed by atoms with Crippen molar-refractivity contribution in [3.8, 4) is 23.3 Å². The molecule has 0 aliphatic carbocycles. The molecule has 0 saturated heterocycles. The zero-order valence-electron chi connectivity index (χ0n) is 8.00. The number of phenols is 2. The van der Waals surface area contributed by atoms with Gasteiger partial charge in [0.15, 0.2) is 0 Å². The molecule has 15 heavy (non-hydrogen) atoms. The van der Waals surface area contributed by atoms with Gasteiger partial charge in [-0.3, -0.25) is 0 Å². The minimum absolute atomic E-state index is 0.0377. The van der Waals surface area contributed by atoms with E-state index in [-0.39, 0.29) is 28.7 Å². The number of phenolic OH excluding ortho intramolecular Hbond substituents is 2. The van der Waals surface area contributed by atoms with E-state index in [1.54, 1.807) is 0 Å². The van der Waals surface area contributed by atoms with Crippen LogP contribution >= 0.6 is 11.6 Å². The van der Waals surface area contributed by atoms with Gasteiger partial charge in [0.25, 0.3) is 0 Å². The number of rotatable bonds is 2. The number of aliphatic hydroxyl groups excluding tert-OH is 1. The maximum atomic E-state index is 9.48. The van der Waals surface area contributed by atoms with Crippen LogP contribution in [0.4, 0.5) is 0 Å². The van der Waals surface area contributed by atoms with Gasteiger partial charge in [-0.25, -0.2) is 0 Å². The topological polar surface area (TPSA) is 60.7 Å². The van der Waals surface area contributed by atoms with Crippen molar-refractivity contribution in [1.29, 1.82) is 0 Å². The Kier molecular flexibility index (Phi) is 4.29. The number of halogens is 1. The van der Waals surface area contributed by atoms with Crippen LogP contribution in [0, 0.1) is 11.8 Å². The first-order valence-corrected chi connectivity index (χ1v) is 4.84. The zero-order valence-corrected chi connectivity index (χ0v) is 8.75. The Hall–Kier alpha value is -1.37. The molecule has 3 N–H and O–H groups in total. The normalized spacial score (nSPS) is 9.47. The van der Waals surface area contributed by atoms with Gasteiger partial charge in [0.1, 0.15) is 11.5 Å². The van der Waals surface area contributed by atoms with Crippen molar-refractivity contribution in [1.82, 2.24) is 0 Å². The van der Waals surface area contributed by atoms with Crippen LogP contribution in [-0.4, -0.2) is 21.9 Å². The van der Waals surface area contributed by atoms with E-state index in [1.807, 2.05) is 0 Å². The molecule has 1 aromatic carbocycles. The average Bonchev–Trinajstić information content (AvgIpc) is 2.19. The molecule has 0 spiro atoms. The van der Waals surface area contributed by atoms with E-state index >= 15 is 0 Å². The highest BCUT2D eigenvalue weighted by Crippen LogP contribution is 2.30. The first kappa shape index (κ1) is 11.7. The summed E-state index contributed by atoms with van der Waals surface area (Å²) in [6.45, 7) is 0.0848. The maximum Gasteiger partial charge on any atom is 0.150 e. The lowest BCUT2D eigenvalue weighted by molar-refractivity contribution is 0.290. The van der Waals surface area contributed by atoms with Crippen molar-refractivity contribution in [3.63, 3.8) is 0 Å². The van der Waals surface area contributed by atoms with E-state index in [1.165, 1.54) is 12.1 Å². The summed E-state index contributed by atoms with van der Waals surface area (Å²) in [6.07, 6.45) is 1.11. The lowest BCUT2D eigenvalue weighted by Gasteiger charge is -2.00. The Bertz CT molecular complexity index is 404. The summed E-state index contributed by atoms with van der Waals surface area (Å²) in [6, 6.07) is 2.59. The van der Waals surface area contributed by atoms with Crippen LogP contribution in [0.2, 0.25) is 5.02 Å². The molecule has 0 aromatic heterocycles. The Morgan fingerprint density at radius 2 is 2.00 bits per heavy atom. The van der Waals surface area contributed by atoms with Crippen molar-refractivity contribution in [2.24, 2.45) is 0 Å². The van der Waals surface area contributed by atoms with Crippen LogP contribution in [0.5, 0.6) is 11.5 Å². The molecule has 1 aromatic rings. The number of unbranched alkanes of at least 4 members (excludes halogenated alkanes) is 1. The second-order valence-corrected chi connectivity index (χ2v) is 3.36. The van der Waals surface area contributed by atoms with E-state index in [9.17, 15) is 10.2 Å². The highest BCUT2D eigenvalue weighted by Gasteiger charge is 2.05.